The van der Waals surface area contributed by atoms with Gasteiger partial charge in [-0.3, -0.25) is 14.6 Å². The molecule has 0 bridgehead atoms. The highest BCUT2D eigenvalue weighted by molar-refractivity contribution is 6.46. The molecule has 2 aromatic carbocycles. The van der Waals surface area contributed by atoms with E-state index < -0.39 is 17.7 Å². The molecule has 0 radical (unpaired) electrons. The summed E-state index contributed by atoms with van der Waals surface area (Å²) in [4.78, 5) is 32.2. The van der Waals surface area contributed by atoms with E-state index in [0.717, 1.165) is 5.56 Å². The Kier molecular flexibility index (Phi) is 7.92. The maximum atomic E-state index is 13.3. The van der Waals surface area contributed by atoms with Crippen LogP contribution in [-0.4, -0.2) is 39.4 Å². The second kappa shape index (κ2) is 11.3. The summed E-state index contributed by atoms with van der Waals surface area (Å²) in [7, 11) is 0. The van der Waals surface area contributed by atoms with Crippen LogP contribution in [0.1, 0.15) is 50.4 Å². The van der Waals surface area contributed by atoms with Crippen LogP contribution in [0.2, 0.25) is 0 Å². The Labute approximate surface area is 217 Å². The van der Waals surface area contributed by atoms with Crippen LogP contribution in [0.25, 0.3) is 5.76 Å². The third kappa shape index (κ3) is 6.00. The lowest BCUT2D eigenvalue weighted by molar-refractivity contribution is -0.140. The van der Waals surface area contributed by atoms with E-state index in [1.807, 2.05) is 44.2 Å². The Morgan fingerprint density at radius 2 is 1.76 bits per heavy atom. The van der Waals surface area contributed by atoms with Crippen molar-refractivity contribution in [2.24, 2.45) is 5.92 Å². The number of rotatable bonds is 9. The van der Waals surface area contributed by atoms with Gasteiger partial charge in [0.15, 0.2) is 0 Å². The minimum Gasteiger partial charge on any atom is -0.507 e. The molecule has 192 valence electrons. The van der Waals surface area contributed by atoms with Crippen LogP contribution in [0.3, 0.4) is 0 Å². The molecular weight excluding hydrogens is 468 g/mol. The Hall–Kier alpha value is -4.13. The summed E-state index contributed by atoms with van der Waals surface area (Å²) >= 11 is 0. The molecular formula is C30H32N2O5. The number of aromatic nitrogens is 1. The van der Waals surface area contributed by atoms with E-state index in [0.29, 0.717) is 35.2 Å². The van der Waals surface area contributed by atoms with Crippen molar-refractivity contribution in [2.45, 2.75) is 46.4 Å². The number of carbonyl (C=O) groups is 2. The maximum Gasteiger partial charge on any atom is 0.295 e. The zero-order chi connectivity index (χ0) is 26.5. The Morgan fingerprint density at radius 3 is 2.41 bits per heavy atom. The van der Waals surface area contributed by atoms with Gasteiger partial charge in [-0.2, -0.15) is 0 Å². The molecule has 1 N–H and O–H groups in total. The number of carbonyl (C=O) groups excluding carboxylic acids is 2. The van der Waals surface area contributed by atoms with Gasteiger partial charge in [0.1, 0.15) is 17.3 Å². The SMILES string of the molecule is CC(C)COc1cccc(C2/C(=C(/O)c3ccc(OC(C)C)cc3)C(=O)C(=O)N2Cc2cccnc2)c1. The Bertz CT molecular complexity index is 1280. The molecule has 1 aliphatic heterocycles. The van der Waals surface area contributed by atoms with Gasteiger partial charge in [0.2, 0.25) is 0 Å². The van der Waals surface area contributed by atoms with E-state index in [1.54, 1.807) is 42.7 Å². The molecule has 4 rings (SSSR count). The van der Waals surface area contributed by atoms with Gasteiger partial charge in [-0.1, -0.05) is 32.0 Å². The normalized spacial score (nSPS) is 17.0. The number of hydrogen-bond acceptors (Lipinski definition) is 6. The number of hydrogen-bond donors (Lipinski definition) is 1. The minimum atomic E-state index is -0.797. The highest BCUT2D eigenvalue weighted by atomic mass is 16.5. The quantitative estimate of drug-likeness (QED) is 0.236. The maximum absolute atomic E-state index is 13.3. The number of likely N-dealkylation sites (tertiary alicyclic amines) is 1. The summed E-state index contributed by atoms with van der Waals surface area (Å²) in [6, 6.07) is 17.0. The smallest absolute Gasteiger partial charge is 0.295 e. The van der Waals surface area contributed by atoms with Crippen LogP contribution in [0.15, 0.2) is 78.6 Å². The lowest BCUT2D eigenvalue weighted by atomic mass is 9.95. The fourth-order valence-corrected chi connectivity index (χ4v) is 4.23. The molecule has 7 heteroatoms. The van der Waals surface area contributed by atoms with Crippen LogP contribution in [0, 0.1) is 5.92 Å². The summed E-state index contributed by atoms with van der Waals surface area (Å²) in [6.07, 6.45) is 3.31. The highest BCUT2D eigenvalue weighted by Crippen LogP contribution is 2.41. The molecule has 1 aliphatic rings. The molecule has 1 atom stereocenters. The number of amides is 1. The molecule has 0 spiro atoms. The van der Waals surface area contributed by atoms with Crippen molar-refractivity contribution < 1.29 is 24.2 Å². The standard InChI is InChI=1S/C30H32N2O5/c1-19(2)18-36-25-9-5-8-23(15-25)27-26(28(33)22-10-12-24(13-11-22)37-20(3)4)29(34)30(35)32(27)17-21-7-6-14-31-16-21/h5-16,19-20,27,33H,17-18H2,1-4H3/b28-26-. The third-order valence-electron chi connectivity index (χ3n) is 5.87. The summed E-state index contributed by atoms with van der Waals surface area (Å²) in [6.45, 7) is 8.67. The van der Waals surface area contributed by atoms with Crippen LogP contribution in [0.4, 0.5) is 0 Å². The van der Waals surface area contributed by atoms with E-state index >= 15 is 0 Å². The van der Waals surface area contributed by atoms with Crippen molar-refractivity contribution in [1.29, 1.82) is 0 Å². The lowest BCUT2D eigenvalue weighted by Gasteiger charge is -2.26. The number of pyridine rings is 1. The third-order valence-corrected chi connectivity index (χ3v) is 5.87. The van der Waals surface area contributed by atoms with Crippen molar-refractivity contribution in [3.63, 3.8) is 0 Å². The molecule has 37 heavy (non-hydrogen) atoms. The summed E-state index contributed by atoms with van der Waals surface area (Å²) in [5, 5.41) is 11.3. The lowest BCUT2D eigenvalue weighted by Crippen LogP contribution is -2.29. The zero-order valence-electron chi connectivity index (χ0n) is 21.5. The number of nitrogens with zero attached hydrogens (tertiary/aromatic N) is 2. The van der Waals surface area contributed by atoms with Gasteiger partial charge in [-0.15, -0.1) is 0 Å². The van der Waals surface area contributed by atoms with E-state index in [2.05, 4.69) is 18.8 Å². The summed E-state index contributed by atoms with van der Waals surface area (Å²) in [5.74, 6) is -0.0290. The van der Waals surface area contributed by atoms with Gasteiger partial charge in [0.25, 0.3) is 11.7 Å². The van der Waals surface area contributed by atoms with E-state index in [4.69, 9.17) is 9.47 Å². The first-order valence-electron chi connectivity index (χ1n) is 12.4. The highest BCUT2D eigenvalue weighted by Gasteiger charge is 2.46. The summed E-state index contributed by atoms with van der Waals surface area (Å²) in [5.41, 5.74) is 1.91. The fraction of sp³-hybridized carbons (Fsp3) is 0.300. The van der Waals surface area contributed by atoms with Crippen molar-refractivity contribution in [3.05, 3.63) is 95.3 Å². The first-order chi connectivity index (χ1) is 17.7. The fourth-order valence-electron chi connectivity index (χ4n) is 4.23. The Balaban J connectivity index is 1.79. The molecule has 0 saturated carbocycles. The number of ketones is 1. The van der Waals surface area contributed by atoms with Crippen LogP contribution >= 0.6 is 0 Å². The van der Waals surface area contributed by atoms with Gasteiger partial charge in [-0.25, -0.2) is 0 Å². The van der Waals surface area contributed by atoms with Crippen molar-refractivity contribution in [1.82, 2.24) is 9.88 Å². The predicted octanol–water partition coefficient (Wildman–Crippen LogP) is 5.53. The van der Waals surface area contributed by atoms with Gasteiger partial charge in [0.05, 0.1) is 24.3 Å². The predicted molar refractivity (Wildman–Crippen MR) is 141 cm³/mol. The Morgan fingerprint density at radius 1 is 1.00 bits per heavy atom. The first-order valence-corrected chi connectivity index (χ1v) is 12.4. The van der Waals surface area contributed by atoms with Crippen LogP contribution < -0.4 is 9.47 Å². The average Bonchev–Trinajstić information content (AvgIpc) is 3.13. The molecule has 1 saturated heterocycles. The molecule has 1 aromatic heterocycles. The van der Waals surface area contributed by atoms with E-state index in [9.17, 15) is 14.7 Å². The zero-order valence-corrected chi connectivity index (χ0v) is 21.5. The number of Topliss-reactive ketones (excluding diaryl/α,β-unsaturated/α-hetero) is 1. The molecule has 1 fully saturated rings. The molecule has 7 nitrogen and oxygen atoms in total. The topological polar surface area (TPSA) is 89.0 Å². The van der Waals surface area contributed by atoms with Crippen LogP contribution in [-0.2, 0) is 16.1 Å². The minimum absolute atomic E-state index is 0.00226. The number of aliphatic hydroxyl groups is 1. The summed E-state index contributed by atoms with van der Waals surface area (Å²) < 4.78 is 11.6. The monoisotopic (exact) mass is 500 g/mol. The van der Waals surface area contributed by atoms with Crippen molar-refractivity contribution in [3.8, 4) is 11.5 Å². The molecule has 2 heterocycles. The number of ether oxygens (including phenoxy) is 2. The van der Waals surface area contributed by atoms with E-state index in [1.165, 1.54) is 4.90 Å². The number of aliphatic hydroxyl groups excluding tert-OH is 1. The molecule has 0 aliphatic carbocycles. The van der Waals surface area contributed by atoms with Gasteiger partial charge in [-0.05, 0) is 73.4 Å². The second-order valence-electron chi connectivity index (χ2n) is 9.76. The van der Waals surface area contributed by atoms with Gasteiger partial charge in [0, 0.05) is 24.5 Å². The van der Waals surface area contributed by atoms with Crippen molar-refractivity contribution >= 4 is 17.4 Å². The second-order valence-corrected chi connectivity index (χ2v) is 9.76. The van der Waals surface area contributed by atoms with Crippen LogP contribution in [0.5, 0.6) is 11.5 Å². The average molecular weight is 501 g/mol. The molecule has 3 aromatic rings. The van der Waals surface area contributed by atoms with E-state index in [-0.39, 0.29) is 24.0 Å². The number of benzene rings is 2. The largest absolute Gasteiger partial charge is 0.507 e. The molecule has 1 amide bonds. The van der Waals surface area contributed by atoms with Gasteiger partial charge < -0.3 is 19.5 Å². The first kappa shape index (κ1) is 25.9. The molecule has 1 unspecified atom stereocenters. The van der Waals surface area contributed by atoms with Gasteiger partial charge >= 0.3 is 0 Å². The van der Waals surface area contributed by atoms with Crippen molar-refractivity contribution in [2.75, 3.05) is 6.61 Å².